The van der Waals surface area contributed by atoms with Gasteiger partial charge in [-0.3, -0.25) is 0 Å². The molecule has 1 aliphatic carbocycles. The van der Waals surface area contributed by atoms with Gasteiger partial charge in [0.15, 0.2) is 0 Å². The topological polar surface area (TPSA) is 6.48 Å². The van der Waals surface area contributed by atoms with E-state index in [-0.39, 0.29) is 5.41 Å². The van der Waals surface area contributed by atoms with Crippen LogP contribution in [-0.2, 0) is 5.41 Å². The van der Waals surface area contributed by atoms with E-state index in [9.17, 15) is 0 Å². The van der Waals surface area contributed by atoms with Crippen molar-refractivity contribution in [2.45, 2.75) is 58.5 Å². The standard InChI is InChI=1S/C61H56N2Si2/c1-61(2)55-40-58(63(45-30-35-48(36-31-45)65(6,7)8)57-26-16-20-42-18-10-12-22-50(42)57)52-23-13-14-24-53(52)59(55)54-37-27-43-39-46(32-38-51(43)60(54)61)62(44-28-33-47(34-29-44)64(3,4)5)56-25-15-19-41-17-9-11-21-49(41)56/h9-40H,1-8H3. The van der Waals surface area contributed by atoms with Gasteiger partial charge in [-0.15, -0.1) is 0 Å². The summed E-state index contributed by atoms with van der Waals surface area (Å²) in [6, 6.07) is 73.4. The van der Waals surface area contributed by atoms with Crippen LogP contribution in [0.3, 0.4) is 0 Å². The molecule has 10 aromatic carbocycles. The van der Waals surface area contributed by atoms with Gasteiger partial charge in [0.1, 0.15) is 0 Å². The summed E-state index contributed by atoms with van der Waals surface area (Å²) >= 11 is 0. The Balaban J connectivity index is 1.10. The Bertz CT molecular complexity index is 3470. The third-order valence-corrected chi connectivity index (χ3v) is 18.2. The minimum atomic E-state index is -1.51. The average Bonchev–Trinajstić information content (AvgIpc) is 3.55. The first kappa shape index (κ1) is 41.0. The fourth-order valence-corrected chi connectivity index (χ4v) is 13.0. The van der Waals surface area contributed by atoms with E-state index < -0.39 is 16.1 Å². The summed E-state index contributed by atoms with van der Waals surface area (Å²) in [5.41, 5.74) is 12.2. The molecule has 0 aromatic heterocycles. The molecule has 0 aliphatic heterocycles. The van der Waals surface area contributed by atoms with Gasteiger partial charge in [0.2, 0.25) is 0 Å². The molecule has 0 saturated heterocycles. The Morgan fingerprint density at radius 1 is 0.354 bits per heavy atom. The van der Waals surface area contributed by atoms with Crippen molar-refractivity contribution in [1.82, 2.24) is 0 Å². The van der Waals surface area contributed by atoms with Crippen LogP contribution in [0, 0.1) is 0 Å². The van der Waals surface area contributed by atoms with Crippen molar-refractivity contribution in [2.24, 2.45) is 0 Å². The van der Waals surface area contributed by atoms with Crippen LogP contribution in [-0.4, -0.2) is 16.1 Å². The minimum Gasteiger partial charge on any atom is -0.310 e. The normalized spacial score (nSPS) is 13.4. The van der Waals surface area contributed by atoms with Gasteiger partial charge >= 0.3 is 0 Å². The molecular formula is C61H56N2Si2. The molecule has 318 valence electrons. The number of hydrogen-bond acceptors (Lipinski definition) is 2. The van der Waals surface area contributed by atoms with Crippen LogP contribution in [0.25, 0.3) is 54.2 Å². The lowest BCUT2D eigenvalue weighted by Gasteiger charge is -2.31. The minimum absolute atomic E-state index is 0.279. The van der Waals surface area contributed by atoms with Crippen molar-refractivity contribution in [3.05, 3.63) is 205 Å². The highest BCUT2D eigenvalue weighted by atomic mass is 28.3. The number of fused-ring (bicyclic) bond motifs is 9. The third kappa shape index (κ3) is 6.81. The Hall–Kier alpha value is -6.73. The van der Waals surface area contributed by atoms with E-state index in [1.54, 1.807) is 0 Å². The zero-order chi connectivity index (χ0) is 44.8. The van der Waals surface area contributed by atoms with Gasteiger partial charge in [-0.2, -0.15) is 0 Å². The van der Waals surface area contributed by atoms with Crippen LogP contribution in [0.4, 0.5) is 34.1 Å². The molecule has 0 saturated carbocycles. The molecule has 0 unspecified atom stereocenters. The van der Waals surface area contributed by atoms with E-state index in [0.717, 1.165) is 5.69 Å². The number of rotatable bonds is 8. The largest absolute Gasteiger partial charge is 0.310 e. The number of benzene rings is 10. The Morgan fingerprint density at radius 2 is 0.831 bits per heavy atom. The summed E-state index contributed by atoms with van der Waals surface area (Å²) in [4.78, 5) is 4.99. The molecular weight excluding hydrogens is 817 g/mol. The summed E-state index contributed by atoms with van der Waals surface area (Å²) in [6.45, 7) is 19.4. The maximum absolute atomic E-state index is 2.53. The van der Waals surface area contributed by atoms with Crippen LogP contribution in [0.5, 0.6) is 0 Å². The molecule has 0 bridgehead atoms. The lowest BCUT2D eigenvalue weighted by atomic mass is 9.79. The quantitative estimate of drug-likeness (QED) is 0.140. The van der Waals surface area contributed by atoms with Crippen molar-refractivity contribution < 1.29 is 0 Å². The van der Waals surface area contributed by atoms with Gasteiger partial charge < -0.3 is 9.80 Å². The third-order valence-electron chi connectivity index (χ3n) is 14.1. The molecule has 2 nitrogen and oxygen atoms in total. The fraction of sp³-hybridized carbons (Fsp3) is 0.148. The van der Waals surface area contributed by atoms with Crippen LogP contribution in [0.1, 0.15) is 25.0 Å². The smallest absolute Gasteiger partial charge is 0.0775 e. The molecule has 0 spiro atoms. The molecule has 0 atom stereocenters. The van der Waals surface area contributed by atoms with Gasteiger partial charge in [0, 0.05) is 38.6 Å². The van der Waals surface area contributed by atoms with Crippen molar-refractivity contribution in [1.29, 1.82) is 0 Å². The fourth-order valence-electron chi connectivity index (χ4n) is 10.7. The van der Waals surface area contributed by atoms with E-state index in [1.165, 1.54) is 104 Å². The highest BCUT2D eigenvalue weighted by molar-refractivity contribution is 6.89. The van der Waals surface area contributed by atoms with Crippen molar-refractivity contribution in [3.8, 4) is 11.1 Å². The van der Waals surface area contributed by atoms with Crippen molar-refractivity contribution >= 4 is 104 Å². The maximum Gasteiger partial charge on any atom is 0.0775 e. The van der Waals surface area contributed by atoms with Gasteiger partial charge in [0.25, 0.3) is 0 Å². The summed E-state index contributed by atoms with van der Waals surface area (Å²) in [5, 5.41) is 13.0. The van der Waals surface area contributed by atoms with E-state index in [0.29, 0.717) is 0 Å². The second-order valence-corrected chi connectivity index (χ2v) is 30.8. The van der Waals surface area contributed by atoms with Crippen LogP contribution < -0.4 is 20.2 Å². The molecule has 4 heteroatoms. The Morgan fingerprint density at radius 3 is 1.40 bits per heavy atom. The summed E-state index contributed by atoms with van der Waals surface area (Å²) in [5.74, 6) is 0. The molecule has 0 radical (unpaired) electrons. The molecule has 0 heterocycles. The van der Waals surface area contributed by atoms with Gasteiger partial charge in [-0.25, -0.2) is 0 Å². The van der Waals surface area contributed by atoms with E-state index in [4.69, 9.17) is 0 Å². The highest BCUT2D eigenvalue weighted by Crippen LogP contribution is 2.57. The molecule has 11 rings (SSSR count). The Labute approximate surface area is 386 Å². The SMILES string of the molecule is CC1(C)c2cc(N(c3ccc([Si](C)(C)C)cc3)c3cccc4ccccc34)c3ccccc3c2-c2ccc3cc(N(c4ccc([Si](C)(C)C)cc4)c4cccc5ccccc45)ccc3c21. The second kappa shape index (κ2) is 15.2. The molecule has 10 aromatic rings. The molecule has 0 N–H and O–H groups in total. The molecule has 0 amide bonds. The van der Waals surface area contributed by atoms with Gasteiger partial charge in [-0.1, -0.05) is 203 Å². The van der Waals surface area contributed by atoms with Gasteiger partial charge in [0.05, 0.1) is 33.2 Å². The monoisotopic (exact) mass is 872 g/mol. The molecule has 1 aliphatic rings. The average molecular weight is 873 g/mol. The summed E-state index contributed by atoms with van der Waals surface area (Å²) in [7, 11) is -3.00. The van der Waals surface area contributed by atoms with E-state index in [1.807, 2.05) is 0 Å². The van der Waals surface area contributed by atoms with Crippen molar-refractivity contribution in [2.75, 3.05) is 9.80 Å². The summed E-state index contributed by atoms with van der Waals surface area (Å²) in [6.07, 6.45) is 0. The molecule has 65 heavy (non-hydrogen) atoms. The summed E-state index contributed by atoms with van der Waals surface area (Å²) < 4.78 is 0. The molecule has 0 fully saturated rings. The predicted octanol–water partition coefficient (Wildman–Crippen LogP) is 16.6. The number of anilines is 6. The first-order valence-electron chi connectivity index (χ1n) is 23.2. The zero-order valence-corrected chi connectivity index (χ0v) is 40.9. The van der Waals surface area contributed by atoms with E-state index >= 15 is 0 Å². The lowest BCUT2D eigenvalue weighted by Crippen LogP contribution is -2.37. The van der Waals surface area contributed by atoms with Crippen LogP contribution >= 0.6 is 0 Å². The predicted molar refractivity (Wildman–Crippen MR) is 289 cm³/mol. The lowest BCUT2D eigenvalue weighted by molar-refractivity contribution is 0.667. The van der Waals surface area contributed by atoms with E-state index in [2.05, 4.69) is 257 Å². The first-order chi connectivity index (χ1) is 31.3. The maximum atomic E-state index is 2.53. The zero-order valence-electron chi connectivity index (χ0n) is 38.9. The van der Waals surface area contributed by atoms with Gasteiger partial charge in [-0.05, 0) is 104 Å². The highest BCUT2D eigenvalue weighted by Gasteiger charge is 2.39. The number of hydrogen-bond donors (Lipinski definition) is 0. The van der Waals surface area contributed by atoms with Crippen LogP contribution in [0.2, 0.25) is 39.3 Å². The Kier molecular flexibility index (Phi) is 9.58. The number of nitrogens with zero attached hydrogens (tertiary/aromatic N) is 2. The van der Waals surface area contributed by atoms with Crippen molar-refractivity contribution in [3.63, 3.8) is 0 Å². The van der Waals surface area contributed by atoms with Crippen LogP contribution in [0.15, 0.2) is 194 Å². The first-order valence-corrected chi connectivity index (χ1v) is 30.2. The second-order valence-electron chi connectivity index (χ2n) is 20.6.